The standard InChI is InChI=1S/C15H22N2O4/c1-11(2)10-21-14-7-5-4-6-13(14)16-15(20)17(3)8-12(19)9-18/h4-7,12,18-19H,1,8-10H2,2-3H3,(H,16,20). The van der Waals surface area contributed by atoms with Gasteiger partial charge in [-0.1, -0.05) is 18.7 Å². The third-order valence-electron chi connectivity index (χ3n) is 2.64. The third kappa shape index (κ3) is 5.85. The number of aliphatic hydroxyl groups is 2. The number of carbonyl (C=O) groups excluding carboxylic acids is 1. The summed E-state index contributed by atoms with van der Waals surface area (Å²) in [4.78, 5) is 13.3. The van der Waals surface area contributed by atoms with Gasteiger partial charge in [-0.3, -0.25) is 0 Å². The number of hydrogen-bond acceptors (Lipinski definition) is 4. The van der Waals surface area contributed by atoms with E-state index in [1.54, 1.807) is 18.2 Å². The molecule has 3 N–H and O–H groups in total. The van der Waals surface area contributed by atoms with Gasteiger partial charge in [-0.2, -0.15) is 0 Å². The van der Waals surface area contributed by atoms with E-state index in [-0.39, 0.29) is 6.54 Å². The van der Waals surface area contributed by atoms with Crippen LogP contribution in [0.5, 0.6) is 5.75 Å². The van der Waals surface area contributed by atoms with Crippen LogP contribution in [0.2, 0.25) is 0 Å². The van der Waals surface area contributed by atoms with E-state index >= 15 is 0 Å². The first-order chi connectivity index (χ1) is 9.93. The van der Waals surface area contributed by atoms with Crippen molar-refractivity contribution in [1.29, 1.82) is 0 Å². The van der Waals surface area contributed by atoms with Crippen molar-refractivity contribution >= 4 is 11.7 Å². The molecular formula is C15H22N2O4. The van der Waals surface area contributed by atoms with Gasteiger partial charge in [-0.15, -0.1) is 0 Å². The van der Waals surface area contributed by atoms with Gasteiger partial charge in [0, 0.05) is 7.05 Å². The zero-order valence-electron chi connectivity index (χ0n) is 12.4. The van der Waals surface area contributed by atoms with Crippen molar-refractivity contribution < 1.29 is 19.7 Å². The Hall–Kier alpha value is -2.05. The molecule has 1 aromatic rings. The summed E-state index contributed by atoms with van der Waals surface area (Å²) >= 11 is 0. The fraction of sp³-hybridized carbons (Fsp3) is 0.400. The minimum Gasteiger partial charge on any atom is -0.487 e. The molecule has 0 saturated heterocycles. The highest BCUT2D eigenvalue weighted by Crippen LogP contribution is 2.24. The number of nitrogens with one attached hydrogen (secondary N) is 1. The van der Waals surface area contributed by atoms with Crippen molar-refractivity contribution in [3.8, 4) is 5.75 Å². The van der Waals surface area contributed by atoms with Crippen molar-refractivity contribution in [2.75, 3.05) is 32.1 Å². The summed E-state index contributed by atoms with van der Waals surface area (Å²) in [5.41, 5.74) is 1.41. The number of aliphatic hydroxyl groups excluding tert-OH is 2. The molecule has 0 aliphatic rings. The Bertz CT molecular complexity index is 490. The van der Waals surface area contributed by atoms with Crippen LogP contribution in [0.15, 0.2) is 36.4 Å². The second-order valence-electron chi connectivity index (χ2n) is 4.89. The van der Waals surface area contributed by atoms with Gasteiger partial charge in [0.1, 0.15) is 12.4 Å². The number of likely N-dealkylation sites (N-methyl/N-ethyl adjacent to an activating group) is 1. The topological polar surface area (TPSA) is 82.0 Å². The van der Waals surface area contributed by atoms with E-state index in [2.05, 4.69) is 11.9 Å². The first kappa shape index (κ1) is 17.0. The summed E-state index contributed by atoms with van der Waals surface area (Å²) in [7, 11) is 1.53. The van der Waals surface area contributed by atoms with Gasteiger partial charge in [0.15, 0.2) is 0 Å². The van der Waals surface area contributed by atoms with E-state index in [4.69, 9.17) is 9.84 Å². The molecule has 0 fully saturated rings. The lowest BCUT2D eigenvalue weighted by Crippen LogP contribution is -2.38. The molecule has 21 heavy (non-hydrogen) atoms. The fourth-order valence-corrected chi connectivity index (χ4v) is 1.56. The molecule has 1 aromatic carbocycles. The van der Waals surface area contributed by atoms with E-state index in [1.807, 2.05) is 13.0 Å². The molecule has 0 radical (unpaired) electrons. The number of benzene rings is 1. The first-order valence-corrected chi connectivity index (χ1v) is 6.61. The molecule has 0 aromatic heterocycles. The lowest BCUT2D eigenvalue weighted by molar-refractivity contribution is 0.0750. The molecule has 0 heterocycles. The SMILES string of the molecule is C=C(C)COc1ccccc1NC(=O)N(C)CC(O)CO. The maximum atomic E-state index is 12.0. The normalized spacial score (nSPS) is 11.6. The van der Waals surface area contributed by atoms with Crippen LogP contribution in [0, 0.1) is 0 Å². The summed E-state index contributed by atoms with van der Waals surface area (Å²) in [5.74, 6) is 0.546. The predicted molar refractivity (Wildman–Crippen MR) is 81.5 cm³/mol. The van der Waals surface area contributed by atoms with Gasteiger partial charge in [0.2, 0.25) is 0 Å². The molecule has 116 valence electrons. The van der Waals surface area contributed by atoms with Crippen LogP contribution in [0.25, 0.3) is 0 Å². The minimum atomic E-state index is -0.962. The molecule has 0 bridgehead atoms. The first-order valence-electron chi connectivity index (χ1n) is 6.61. The number of carbonyl (C=O) groups is 1. The molecule has 0 saturated carbocycles. The molecular weight excluding hydrogens is 272 g/mol. The van der Waals surface area contributed by atoms with E-state index in [9.17, 15) is 9.90 Å². The smallest absolute Gasteiger partial charge is 0.321 e. The molecule has 1 unspecified atom stereocenters. The summed E-state index contributed by atoms with van der Waals surface area (Å²) in [5, 5.41) is 20.8. The number of ether oxygens (including phenoxy) is 1. The Morgan fingerprint density at radius 3 is 2.76 bits per heavy atom. The number of hydrogen-bond donors (Lipinski definition) is 3. The van der Waals surface area contributed by atoms with Crippen LogP contribution in [0.4, 0.5) is 10.5 Å². The van der Waals surface area contributed by atoms with Crippen molar-refractivity contribution in [3.63, 3.8) is 0 Å². The molecule has 6 nitrogen and oxygen atoms in total. The zero-order valence-corrected chi connectivity index (χ0v) is 12.4. The van der Waals surface area contributed by atoms with Crippen molar-refractivity contribution in [1.82, 2.24) is 4.90 Å². The van der Waals surface area contributed by atoms with Crippen LogP contribution < -0.4 is 10.1 Å². The van der Waals surface area contributed by atoms with Gasteiger partial charge in [-0.05, 0) is 24.6 Å². The number of rotatable bonds is 7. The summed E-state index contributed by atoms with van der Waals surface area (Å²) in [6.45, 7) is 5.62. The monoisotopic (exact) mass is 294 g/mol. The Morgan fingerprint density at radius 1 is 1.48 bits per heavy atom. The van der Waals surface area contributed by atoms with E-state index in [1.165, 1.54) is 11.9 Å². The second kappa shape index (κ2) is 8.28. The number of nitrogens with zero attached hydrogens (tertiary/aromatic N) is 1. The van der Waals surface area contributed by atoms with Crippen LogP contribution >= 0.6 is 0 Å². The summed E-state index contributed by atoms with van der Waals surface area (Å²) in [6.07, 6.45) is -0.962. The zero-order chi connectivity index (χ0) is 15.8. The highest BCUT2D eigenvalue weighted by molar-refractivity contribution is 5.90. The molecule has 0 aliphatic carbocycles. The largest absolute Gasteiger partial charge is 0.487 e. The van der Waals surface area contributed by atoms with Gasteiger partial charge >= 0.3 is 6.03 Å². The number of para-hydroxylation sites is 2. The quantitative estimate of drug-likeness (QED) is 0.665. The Balaban J connectivity index is 2.69. The summed E-state index contributed by atoms with van der Waals surface area (Å²) < 4.78 is 5.56. The maximum absolute atomic E-state index is 12.0. The Labute approximate surface area is 124 Å². The van der Waals surface area contributed by atoms with Crippen LogP contribution in [0.1, 0.15) is 6.92 Å². The molecule has 0 aliphatic heterocycles. The van der Waals surface area contributed by atoms with E-state index in [0.29, 0.717) is 18.0 Å². The van der Waals surface area contributed by atoms with Crippen LogP contribution in [-0.4, -0.2) is 54.1 Å². The highest BCUT2D eigenvalue weighted by Gasteiger charge is 2.14. The predicted octanol–water partition coefficient (Wildman–Crippen LogP) is 1.46. The Morgan fingerprint density at radius 2 is 2.14 bits per heavy atom. The molecule has 0 spiro atoms. The number of anilines is 1. The molecule has 1 atom stereocenters. The molecule has 1 rings (SSSR count). The van der Waals surface area contributed by atoms with Crippen LogP contribution in [0.3, 0.4) is 0 Å². The molecule has 2 amide bonds. The average molecular weight is 294 g/mol. The van der Waals surface area contributed by atoms with Crippen molar-refractivity contribution in [2.45, 2.75) is 13.0 Å². The maximum Gasteiger partial charge on any atom is 0.321 e. The summed E-state index contributed by atoms with van der Waals surface area (Å²) in [6, 6.07) is 6.67. The third-order valence-corrected chi connectivity index (χ3v) is 2.64. The van der Waals surface area contributed by atoms with Gasteiger partial charge in [0.25, 0.3) is 0 Å². The van der Waals surface area contributed by atoms with E-state index in [0.717, 1.165) is 5.57 Å². The van der Waals surface area contributed by atoms with Crippen molar-refractivity contribution in [2.24, 2.45) is 0 Å². The van der Waals surface area contributed by atoms with Crippen molar-refractivity contribution in [3.05, 3.63) is 36.4 Å². The highest BCUT2D eigenvalue weighted by atomic mass is 16.5. The number of amides is 2. The lowest BCUT2D eigenvalue weighted by atomic mass is 10.3. The van der Waals surface area contributed by atoms with Gasteiger partial charge in [-0.25, -0.2) is 4.79 Å². The Kier molecular flexibility index (Phi) is 6.71. The lowest BCUT2D eigenvalue weighted by Gasteiger charge is -2.21. The minimum absolute atomic E-state index is 0.0388. The van der Waals surface area contributed by atoms with E-state index < -0.39 is 18.7 Å². The number of urea groups is 1. The van der Waals surface area contributed by atoms with Gasteiger partial charge < -0.3 is 25.2 Å². The average Bonchev–Trinajstić information content (AvgIpc) is 2.45. The fourth-order valence-electron chi connectivity index (χ4n) is 1.56. The van der Waals surface area contributed by atoms with Gasteiger partial charge in [0.05, 0.1) is 24.9 Å². The molecule has 6 heteroatoms. The second-order valence-corrected chi connectivity index (χ2v) is 4.89. The van der Waals surface area contributed by atoms with Crippen LogP contribution in [-0.2, 0) is 0 Å².